The zero-order valence-electron chi connectivity index (χ0n) is 8.65. The molecule has 2 N–H and O–H groups in total. The van der Waals surface area contributed by atoms with Gasteiger partial charge in [-0.3, -0.25) is 4.79 Å². The van der Waals surface area contributed by atoms with Gasteiger partial charge in [-0.1, -0.05) is 30.3 Å². The molecule has 1 aliphatic rings. The Morgan fingerprint density at radius 2 is 2.07 bits per heavy atom. The normalized spacial score (nSPS) is 26.1. The fourth-order valence-corrected chi connectivity index (χ4v) is 1.96. The molecule has 1 fully saturated rings. The zero-order valence-corrected chi connectivity index (χ0v) is 8.65. The summed E-state index contributed by atoms with van der Waals surface area (Å²) in [6, 6.07) is 9.87. The van der Waals surface area contributed by atoms with E-state index in [-0.39, 0.29) is 5.91 Å². The molecule has 1 aromatic rings. The summed E-state index contributed by atoms with van der Waals surface area (Å²) in [4.78, 5) is 11.6. The summed E-state index contributed by atoms with van der Waals surface area (Å²) in [6.45, 7) is 0.632. The van der Waals surface area contributed by atoms with Crippen LogP contribution < -0.4 is 11.1 Å². The van der Waals surface area contributed by atoms with Gasteiger partial charge in [0.25, 0.3) is 5.91 Å². The van der Waals surface area contributed by atoms with Crippen LogP contribution in [0.25, 0.3) is 0 Å². The predicted molar refractivity (Wildman–Crippen MR) is 58.3 cm³/mol. The summed E-state index contributed by atoms with van der Waals surface area (Å²) in [5.74, 6) is -0.141. The number of carbonyl (C=O) groups excluding carboxylic acids is 1. The first-order valence-corrected chi connectivity index (χ1v) is 5.25. The average Bonchev–Trinajstić information content (AvgIpc) is 2.24. The molecule has 0 aromatic heterocycles. The Labute approximate surface area is 89.7 Å². The molecule has 79 valence electrons. The van der Waals surface area contributed by atoms with Crippen molar-refractivity contribution in [1.82, 2.24) is 5.32 Å². The Bertz CT molecular complexity index is 350. The Kier molecular flexibility index (Phi) is 2.73. The van der Waals surface area contributed by atoms with Crippen molar-refractivity contribution < 1.29 is 4.79 Å². The minimum Gasteiger partial charge on any atom is -0.317 e. The van der Waals surface area contributed by atoms with Gasteiger partial charge in [0.2, 0.25) is 0 Å². The molecule has 1 unspecified atom stereocenters. The van der Waals surface area contributed by atoms with Crippen LogP contribution in [-0.4, -0.2) is 18.0 Å². The summed E-state index contributed by atoms with van der Waals surface area (Å²) in [5.41, 5.74) is 6.43. The average molecular weight is 203 g/mol. The first-order valence-electron chi connectivity index (χ1n) is 5.25. The smallest absolute Gasteiger partial charge is 0.261 e. The molecule has 0 spiro atoms. The predicted octanol–water partition coefficient (Wildman–Crippen LogP) is 0.851. The number of hydrogen-bond donors (Lipinski definition) is 1. The molecule has 15 heavy (non-hydrogen) atoms. The first kappa shape index (κ1) is 10.2. The number of carbonyl (C=O) groups is 1. The lowest BCUT2D eigenvalue weighted by Crippen LogP contribution is -2.56. The zero-order chi connectivity index (χ0) is 10.7. The van der Waals surface area contributed by atoms with Crippen LogP contribution in [0.1, 0.15) is 18.4 Å². The second-order valence-corrected chi connectivity index (χ2v) is 4.11. The first-order chi connectivity index (χ1) is 7.21. The topological polar surface area (TPSA) is 57.2 Å². The van der Waals surface area contributed by atoms with Gasteiger partial charge in [0.1, 0.15) is 5.54 Å². The largest absolute Gasteiger partial charge is 0.317 e. The summed E-state index contributed by atoms with van der Waals surface area (Å²) < 4.78 is 0. The molecule has 1 aliphatic heterocycles. The van der Waals surface area contributed by atoms with Crippen molar-refractivity contribution >= 4 is 5.91 Å². The number of nitrogens with two attached hydrogens (primary N) is 1. The molecular formula is C12H15N2O. The monoisotopic (exact) mass is 203 g/mol. The van der Waals surface area contributed by atoms with Gasteiger partial charge in [-0.25, -0.2) is 5.32 Å². The van der Waals surface area contributed by atoms with Gasteiger partial charge >= 0.3 is 0 Å². The van der Waals surface area contributed by atoms with Crippen molar-refractivity contribution in [1.29, 1.82) is 0 Å². The van der Waals surface area contributed by atoms with E-state index in [2.05, 4.69) is 5.32 Å². The van der Waals surface area contributed by atoms with Crippen molar-refractivity contribution in [3.63, 3.8) is 0 Å². The number of benzene rings is 1. The maximum Gasteiger partial charge on any atom is 0.261 e. The van der Waals surface area contributed by atoms with Crippen LogP contribution in [0, 0.1) is 0 Å². The van der Waals surface area contributed by atoms with E-state index in [1.807, 2.05) is 30.3 Å². The third kappa shape index (κ3) is 2.18. The lowest BCUT2D eigenvalue weighted by molar-refractivity contribution is -0.128. The molecule has 1 amide bonds. The van der Waals surface area contributed by atoms with Crippen LogP contribution in [0.4, 0.5) is 0 Å². The van der Waals surface area contributed by atoms with Gasteiger partial charge in [0.15, 0.2) is 0 Å². The number of hydrogen-bond acceptors (Lipinski definition) is 2. The van der Waals surface area contributed by atoms with Crippen molar-refractivity contribution in [2.24, 2.45) is 5.73 Å². The van der Waals surface area contributed by atoms with Gasteiger partial charge in [-0.15, -0.1) is 0 Å². The fourth-order valence-electron chi connectivity index (χ4n) is 1.96. The van der Waals surface area contributed by atoms with Crippen molar-refractivity contribution in [3.8, 4) is 0 Å². The minimum atomic E-state index is -0.764. The highest BCUT2D eigenvalue weighted by molar-refractivity contribution is 5.86. The van der Waals surface area contributed by atoms with E-state index in [1.165, 1.54) is 0 Å². The molecule has 0 saturated carbocycles. The van der Waals surface area contributed by atoms with Crippen molar-refractivity contribution in [2.75, 3.05) is 6.54 Å². The molecule has 1 radical (unpaired) electrons. The van der Waals surface area contributed by atoms with Crippen LogP contribution in [0.5, 0.6) is 0 Å². The van der Waals surface area contributed by atoms with Crippen LogP contribution >= 0.6 is 0 Å². The van der Waals surface area contributed by atoms with Gasteiger partial charge in [-0.05, 0) is 24.8 Å². The van der Waals surface area contributed by atoms with Gasteiger partial charge in [0, 0.05) is 6.54 Å². The second-order valence-electron chi connectivity index (χ2n) is 4.11. The molecular weight excluding hydrogens is 188 g/mol. The van der Waals surface area contributed by atoms with E-state index in [4.69, 9.17) is 5.73 Å². The summed E-state index contributed by atoms with van der Waals surface area (Å²) in [5, 5.41) is 3.92. The highest BCUT2D eigenvalue weighted by Crippen LogP contribution is 2.20. The number of rotatable bonds is 2. The Balaban J connectivity index is 2.13. The van der Waals surface area contributed by atoms with E-state index in [9.17, 15) is 4.79 Å². The third-order valence-corrected chi connectivity index (χ3v) is 2.82. The van der Waals surface area contributed by atoms with E-state index in [1.54, 1.807) is 0 Å². The van der Waals surface area contributed by atoms with Gasteiger partial charge in [0.05, 0.1) is 0 Å². The van der Waals surface area contributed by atoms with E-state index in [0.717, 1.165) is 18.4 Å². The highest BCUT2D eigenvalue weighted by Gasteiger charge is 2.37. The standard InChI is InChI=1S/C12H15N2O/c13-12(7-4-8-14-11(12)15)9-10-5-2-1-3-6-10/h1-3,5-6H,4,7-9,13H2. The molecule has 1 aromatic carbocycles. The quantitative estimate of drug-likeness (QED) is 0.774. The van der Waals surface area contributed by atoms with Crippen LogP contribution in [0.15, 0.2) is 30.3 Å². The Morgan fingerprint density at radius 3 is 2.73 bits per heavy atom. The molecule has 2 rings (SSSR count). The molecule has 1 heterocycles. The van der Waals surface area contributed by atoms with Gasteiger partial charge < -0.3 is 5.73 Å². The van der Waals surface area contributed by atoms with Crippen molar-refractivity contribution in [3.05, 3.63) is 35.9 Å². The minimum absolute atomic E-state index is 0.141. The Morgan fingerprint density at radius 1 is 1.33 bits per heavy atom. The van der Waals surface area contributed by atoms with Crippen LogP contribution in [-0.2, 0) is 11.2 Å². The molecule has 3 heteroatoms. The van der Waals surface area contributed by atoms with Gasteiger partial charge in [-0.2, -0.15) is 0 Å². The lowest BCUT2D eigenvalue weighted by Gasteiger charge is -2.30. The van der Waals surface area contributed by atoms with E-state index < -0.39 is 5.54 Å². The van der Waals surface area contributed by atoms with E-state index >= 15 is 0 Å². The maximum atomic E-state index is 11.6. The molecule has 0 bridgehead atoms. The molecule has 3 nitrogen and oxygen atoms in total. The summed E-state index contributed by atoms with van der Waals surface area (Å²) in [6.07, 6.45) is 2.25. The SMILES string of the molecule is NC1(Cc2ccccc2)CCC[N]C1=O. The third-order valence-electron chi connectivity index (χ3n) is 2.82. The summed E-state index contributed by atoms with van der Waals surface area (Å²) in [7, 11) is 0. The van der Waals surface area contributed by atoms with Crippen molar-refractivity contribution in [2.45, 2.75) is 24.8 Å². The fraction of sp³-hybridized carbons (Fsp3) is 0.417. The molecule has 0 aliphatic carbocycles. The Hall–Kier alpha value is -1.35. The highest BCUT2D eigenvalue weighted by atomic mass is 16.2. The van der Waals surface area contributed by atoms with Crippen LogP contribution in [0.3, 0.4) is 0 Å². The molecule has 1 saturated heterocycles. The number of nitrogens with zero attached hydrogens (tertiary/aromatic N) is 1. The molecule has 1 atom stereocenters. The number of amides is 1. The lowest BCUT2D eigenvalue weighted by atomic mass is 9.84. The maximum absolute atomic E-state index is 11.6. The van der Waals surface area contributed by atoms with E-state index in [0.29, 0.717) is 13.0 Å². The number of piperidine rings is 1. The summed E-state index contributed by atoms with van der Waals surface area (Å²) >= 11 is 0. The van der Waals surface area contributed by atoms with Crippen LogP contribution in [0.2, 0.25) is 0 Å². The second kappa shape index (κ2) is 4.03.